The number of carbonyl (C=O) groups excluding carboxylic acids is 2. The number of carbonyl (C=O) groups is 2. The first-order valence-electron chi connectivity index (χ1n) is 9.34. The molecule has 0 saturated carbocycles. The normalized spacial score (nSPS) is 15.7. The molecule has 160 valence electrons. The number of urea groups is 1. The van der Waals surface area contributed by atoms with Gasteiger partial charge < -0.3 is 10.2 Å². The molecule has 1 atom stereocenters. The average Bonchev–Trinajstić information content (AvgIpc) is 3.40. The van der Waals surface area contributed by atoms with E-state index >= 15 is 0 Å². The molecule has 7 nitrogen and oxygen atoms in total. The summed E-state index contributed by atoms with van der Waals surface area (Å²) in [5, 5.41) is 15.6. The van der Waals surface area contributed by atoms with Gasteiger partial charge in [0.05, 0.1) is 10.7 Å². The topological polar surface area (TPSA) is 87.2 Å². The van der Waals surface area contributed by atoms with Gasteiger partial charge in [0.1, 0.15) is 11.0 Å². The zero-order valence-corrected chi connectivity index (χ0v) is 19.9. The van der Waals surface area contributed by atoms with Gasteiger partial charge in [0.25, 0.3) is 0 Å². The number of hydrogen-bond acceptors (Lipinski definition) is 5. The molecule has 1 saturated heterocycles. The van der Waals surface area contributed by atoms with Crippen LogP contribution in [0.5, 0.6) is 0 Å². The van der Waals surface area contributed by atoms with Crippen molar-refractivity contribution in [2.24, 2.45) is 0 Å². The smallest absolute Gasteiger partial charge is 0.312 e. The fourth-order valence-electron chi connectivity index (χ4n) is 3.23. The van der Waals surface area contributed by atoms with E-state index in [4.69, 9.17) is 23.2 Å². The first kappa shape index (κ1) is 22.0. The van der Waals surface area contributed by atoms with Crippen LogP contribution >= 0.6 is 50.5 Å². The van der Waals surface area contributed by atoms with Crippen LogP contribution in [0, 0.1) is 0 Å². The highest BCUT2D eigenvalue weighted by Crippen LogP contribution is 2.29. The predicted octanol–water partition coefficient (Wildman–Crippen LogP) is 5.91. The van der Waals surface area contributed by atoms with Crippen molar-refractivity contribution in [3.63, 3.8) is 0 Å². The molecule has 3 amide bonds. The van der Waals surface area contributed by atoms with Gasteiger partial charge in [-0.15, -0.1) is 10.2 Å². The highest BCUT2D eigenvalue weighted by molar-refractivity contribution is 9.10. The lowest BCUT2D eigenvalue weighted by Crippen LogP contribution is -2.45. The van der Waals surface area contributed by atoms with Crippen molar-refractivity contribution in [3.05, 3.63) is 57.0 Å². The van der Waals surface area contributed by atoms with E-state index in [9.17, 15) is 9.59 Å². The first-order valence-corrected chi connectivity index (χ1v) is 11.7. The zero-order valence-electron chi connectivity index (χ0n) is 15.9. The van der Waals surface area contributed by atoms with E-state index in [-0.39, 0.29) is 5.91 Å². The molecule has 0 radical (unpaired) electrons. The second-order valence-electron chi connectivity index (χ2n) is 6.81. The molecular formula is C20H16BrCl2N5O2S. The molecule has 0 unspecified atom stereocenters. The van der Waals surface area contributed by atoms with E-state index in [2.05, 4.69) is 36.8 Å². The van der Waals surface area contributed by atoms with Crippen LogP contribution in [-0.2, 0) is 4.79 Å². The summed E-state index contributed by atoms with van der Waals surface area (Å²) >= 11 is 16.7. The zero-order chi connectivity index (χ0) is 22.0. The molecule has 3 aromatic rings. The fraction of sp³-hybridized carbons (Fsp3) is 0.200. The molecule has 1 fully saturated rings. The standard InChI is InChI=1S/C20H16BrCl2N5O2S/c21-12-5-3-11(4-6-12)18-26-27-19(31-18)25-17(29)16-2-1-9-28(16)20(30)24-15-8-7-13(22)10-14(15)23/h3-8,10,16H,1-2,9H2,(H,24,30)(H,25,27,29)/t16-/m0/s1. The van der Waals surface area contributed by atoms with Crippen molar-refractivity contribution in [1.82, 2.24) is 15.1 Å². The highest BCUT2D eigenvalue weighted by atomic mass is 79.9. The molecule has 1 aromatic heterocycles. The third-order valence-electron chi connectivity index (χ3n) is 4.74. The van der Waals surface area contributed by atoms with Crippen LogP contribution in [0.25, 0.3) is 10.6 Å². The molecule has 4 rings (SSSR count). The molecule has 1 aliphatic rings. The number of halogens is 3. The molecule has 11 heteroatoms. The third kappa shape index (κ3) is 5.17. The Bertz CT molecular complexity index is 1130. The van der Waals surface area contributed by atoms with Gasteiger partial charge in [-0.2, -0.15) is 0 Å². The van der Waals surface area contributed by atoms with Gasteiger partial charge >= 0.3 is 6.03 Å². The maximum Gasteiger partial charge on any atom is 0.322 e. The van der Waals surface area contributed by atoms with E-state index in [1.807, 2.05) is 24.3 Å². The molecular weight excluding hydrogens is 525 g/mol. The second kappa shape index (κ2) is 9.52. The lowest BCUT2D eigenvalue weighted by atomic mass is 10.2. The lowest BCUT2D eigenvalue weighted by molar-refractivity contribution is -0.119. The van der Waals surface area contributed by atoms with Gasteiger partial charge in [0.2, 0.25) is 11.0 Å². The number of anilines is 2. The van der Waals surface area contributed by atoms with Crippen molar-refractivity contribution in [2.75, 3.05) is 17.2 Å². The predicted molar refractivity (Wildman–Crippen MR) is 127 cm³/mol. The number of nitrogens with one attached hydrogen (secondary N) is 2. The molecule has 1 aliphatic heterocycles. The van der Waals surface area contributed by atoms with Crippen molar-refractivity contribution < 1.29 is 9.59 Å². The lowest BCUT2D eigenvalue weighted by Gasteiger charge is -2.24. The van der Waals surface area contributed by atoms with Crippen LogP contribution in [0.1, 0.15) is 12.8 Å². The summed E-state index contributed by atoms with van der Waals surface area (Å²) in [6.07, 6.45) is 1.28. The van der Waals surface area contributed by atoms with Gasteiger partial charge in [-0.1, -0.05) is 62.6 Å². The SMILES string of the molecule is O=C(Nc1nnc(-c2ccc(Br)cc2)s1)[C@@H]1CCCN1C(=O)Nc1ccc(Cl)cc1Cl. The van der Waals surface area contributed by atoms with Crippen LogP contribution in [0.2, 0.25) is 10.0 Å². The molecule has 2 heterocycles. The second-order valence-corrected chi connectivity index (χ2v) is 9.55. The number of benzene rings is 2. The number of likely N-dealkylation sites (tertiary alicyclic amines) is 1. The Morgan fingerprint density at radius 3 is 2.61 bits per heavy atom. The maximum absolute atomic E-state index is 12.8. The minimum absolute atomic E-state index is 0.298. The quantitative estimate of drug-likeness (QED) is 0.430. The Labute approximate surface area is 200 Å². The summed E-state index contributed by atoms with van der Waals surface area (Å²) in [6.45, 7) is 0.468. The van der Waals surface area contributed by atoms with Crippen LogP contribution in [-0.4, -0.2) is 39.6 Å². The summed E-state index contributed by atoms with van der Waals surface area (Å²) in [7, 11) is 0. The summed E-state index contributed by atoms with van der Waals surface area (Å²) in [4.78, 5) is 27.1. The maximum atomic E-state index is 12.8. The van der Waals surface area contributed by atoms with Gasteiger partial charge in [-0.25, -0.2) is 4.79 Å². The van der Waals surface area contributed by atoms with Gasteiger partial charge in [-0.3, -0.25) is 10.1 Å². The molecule has 2 aromatic carbocycles. The Morgan fingerprint density at radius 2 is 1.87 bits per heavy atom. The summed E-state index contributed by atoms with van der Waals surface area (Å²) < 4.78 is 0.966. The van der Waals surface area contributed by atoms with E-state index < -0.39 is 12.1 Å². The monoisotopic (exact) mass is 539 g/mol. The molecule has 0 aliphatic carbocycles. The van der Waals surface area contributed by atoms with E-state index in [0.717, 1.165) is 16.5 Å². The van der Waals surface area contributed by atoms with Crippen LogP contribution in [0.4, 0.5) is 15.6 Å². The van der Waals surface area contributed by atoms with Crippen molar-refractivity contribution in [1.29, 1.82) is 0 Å². The molecule has 0 bridgehead atoms. The fourth-order valence-corrected chi connectivity index (χ4v) is 4.70. The Hall–Kier alpha value is -2.20. The summed E-state index contributed by atoms with van der Waals surface area (Å²) in [6, 6.07) is 11.5. The van der Waals surface area contributed by atoms with Crippen LogP contribution in [0.15, 0.2) is 46.9 Å². The number of amides is 3. The van der Waals surface area contributed by atoms with Crippen molar-refractivity contribution in [3.8, 4) is 10.6 Å². The van der Waals surface area contributed by atoms with Gasteiger partial charge in [0, 0.05) is 21.6 Å². The summed E-state index contributed by atoms with van der Waals surface area (Å²) in [5.41, 5.74) is 1.34. The number of aromatic nitrogens is 2. The Balaban J connectivity index is 1.42. The Morgan fingerprint density at radius 1 is 1.10 bits per heavy atom. The van der Waals surface area contributed by atoms with Crippen LogP contribution in [0.3, 0.4) is 0 Å². The summed E-state index contributed by atoms with van der Waals surface area (Å²) in [5.74, 6) is -0.298. The number of nitrogens with zero attached hydrogens (tertiary/aromatic N) is 3. The third-order valence-corrected chi connectivity index (χ3v) is 6.70. The van der Waals surface area contributed by atoms with Crippen LogP contribution < -0.4 is 10.6 Å². The minimum Gasteiger partial charge on any atom is -0.312 e. The first-order chi connectivity index (χ1) is 14.9. The number of rotatable bonds is 4. The molecule has 31 heavy (non-hydrogen) atoms. The minimum atomic E-state index is -0.605. The van der Waals surface area contributed by atoms with Gasteiger partial charge in [0.15, 0.2) is 0 Å². The Kier molecular flexibility index (Phi) is 6.76. The number of hydrogen-bond donors (Lipinski definition) is 2. The average molecular weight is 541 g/mol. The largest absolute Gasteiger partial charge is 0.322 e. The van der Waals surface area contributed by atoms with Gasteiger partial charge in [-0.05, 0) is 43.2 Å². The highest BCUT2D eigenvalue weighted by Gasteiger charge is 2.34. The van der Waals surface area contributed by atoms with E-state index in [0.29, 0.717) is 38.8 Å². The van der Waals surface area contributed by atoms with Crippen molar-refractivity contribution >= 4 is 73.2 Å². The molecule has 2 N–H and O–H groups in total. The van der Waals surface area contributed by atoms with Crippen molar-refractivity contribution in [2.45, 2.75) is 18.9 Å². The van der Waals surface area contributed by atoms with E-state index in [1.54, 1.807) is 18.2 Å². The van der Waals surface area contributed by atoms with E-state index in [1.165, 1.54) is 16.2 Å². The molecule has 0 spiro atoms.